The molecule has 2 aromatic rings. The summed E-state index contributed by atoms with van der Waals surface area (Å²) in [5.74, 6) is -1.28. The normalized spacial score (nSPS) is 17.4. The Morgan fingerprint density at radius 2 is 1.64 bits per heavy atom. The van der Waals surface area contributed by atoms with Gasteiger partial charge in [0.25, 0.3) is 5.91 Å². The highest BCUT2D eigenvalue weighted by Crippen LogP contribution is 2.34. The number of halogens is 4. The standard InChI is InChI=1S/C18H14Cl3FN4O2/c1-25-15(27)14(26(17(25)28)13-5-3-2-4-6-13)24-16(18(19,20)21)23-12-9-7-11(22)8-10-12/h2-10,16,23H,1H3. The molecule has 1 aliphatic rings. The number of rotatable bonds is 4. The van der Waals surface area contributed by atoms with Crippen LogP contribution in [-0.4, -0.2) is 39.7 Å². The fourth-order valence-electron chi connectivity index (χ4n) is 2.51. The Morgan fingerprint density at radius 1 is 1.04 bits per heavy atom. The number of amidine groups is 1. The van der Waals surface area contributed by atoms with Crippen molar-refractivity contribution < 1.29 is 14.0 Å². The fourth-order valence-corrected chi connectivity index (χ4v) is 2.82. The number of benzene rings is 2. The maximum Gasteiger partial charge on any atom is 0.337 e. The summed E-state index contributed by atoms with van der Waals surface area (Å²) in [5, 5.41) is 2.84. The van der Waals surface area contributed by atoms with Crippen LogP contribution in [0.2, 0.25) is 0 Å². The molecule has 28 heavy (non-hydrogen) atoms. The average Bonchev–Trinajstić information content (AvgIpc) is 2.87. The number of aliphatic imine (C=N–C) groups is 1. The first kappa shape index (κ1) is 20.4. The van der Waals surface area contributed by atoms with Crippen molar-refractivity contribution in [3.05, 3.63) is 60.4 Å². The van der Waals surface area contributed by atoms with Crippen LogP contribution in [0, 0.1) is 5.82 Å². The predicted molar refractivity (Wildman–Crippen MR) is 109 cm³/mol. The van der Waals surface area contributed by atoms with Gasteiger partial charge in [0.2, 0.25) is 9.63 Å². The number of amides is 3. The van der Waals surface area contributed by atoms with Crippen molar-refractivity contribution in [1.82, 2.24) is 4.90 Å². The Kier molecular flexibility index (Phi) is 5.79. The summed E-state index contributed by atoms with van der Waals surface area (Å²) in [6.45, 7) is 0. The van der Waals surface area contributed by atoms with Crippen LogP contribution in [0.3, 0.4) is 0 Å². The van der Waals surface area contributed by atoms with Gasteiger partial charge in [0, 0.05) is 12.7 Å². The number of alkyl halides is 3. The SMILES string of the molecule is CN1C(=O)C(=NC(Nc2ccc(F)cc2)C(Cl)(Cl)Cl)N(c2ccccc2)C1=O. The molecule has 1 saturated heterocycles. The molecule has 0 aliphatic carbocycles. The molecule has 1 aliphatic heterocycles. The largest absolute Gasteiger partial charge is 0.360 e. The number of carbonyl (C=O) groups excluding carboxylic acids is 2. The molecule has 3 rings (SSSR count). The lowest BCUT2D eigenvalue weighted by Crippen LogP contribution is -2.37. The third kappa shape index (κ3) is 4.22. The van der Waals surface area contributed by atoms with E-state index in [1.165, 1.54) is 31.3 Å². The molecule has 10 heteroatoms. The average molecular weight is 444 g/mol. The van der Waals surface area contributed by atoms with Crippen molar-refractivity contribution in [2.45, 2.75) is 9.96 Å². The zero-order chi connectivity index (χ0) is 20.5. The van der Waals surface area contributed by atoms with Gasteiger partial charge in [0.15, 0.2) is 6.17 Å². The van der Waals surface area contributed by atoms with Gasteiger partial charge < -0.3 is 5.32 Å². The molecule has 0 spiro atoms. The Balaban J connectivity index is 2.02. The van der Waals surface area contributed by atoms with Crippen molar-refractivity contribution in [2.75, 3.05) is 17.3 Å². The molecule has 1 atom stereocenters. The maximum atomic E-state index is 13.1. The lowest BCUT2D eigenvalue weighted by Gasteiger charge is -2.24. The minimum absolute atomic E-state index is 0.204. The summed E-state index contributed by atoms with van der Waals surface area (Å²) in [4.78, 5) is 31.4. The molecule has 1 unspecified atom stereocenters. The van der Waals surface area contributed by atoms with E-state index in [2.05, 4.69) is 10.3 Å². The van der Waals surface area contributed by atoms with E-state index in [1.54, 1.807) is 30.3 Å². The lowest BCUT2D eigenvalue weighted by molar-refractivity contribution is -0.119. The number of para-hydroxylation sites is 1. The molecule has 0 saturated carbocycles. The van der Waals surface area contributed by atoms with Crippen molar-refractivity contribution in [2.24, 2.45) is 4.99 Å². The van der Waals surface area contributed by atoms with Gasteiger partial charge in [0.1, 0.15) is 5.82 Å². The molecular weight excluding hydrogens is 430 g/mol. The van der Waals surface area contributed by atoms with E-state index < -0.39 is 27.7 Å². The zero-order valence-electron chi connectivity index (χ0n) is 14.4. The predicted octanol–water partition coefficient (Wildman–Crippen LogP) is 4.43. The van der Waals surface area contributed by atoms with E-state index in [-0.39, 0.29) is 5.84 Å². The van der Waals surface area contributed by atoms with Gasteiger partial charge in [-0.2, -0.15) is 0 Å². The molecule has 1 heterocycles. The van der Waals surface area contributed by atoms with Crippen LogP contribution in [0.4, 0.5) is 20.6 Å². The van der Waals surface area contributed by atoms with Crippen LogP contribution in [-0.2, 0) is 4.79 Å². The summed E-state index contributed by atoms with van der Waals surface area (Å²) in [5.41, 5.74) is 0.854. The van der Waals surface area contributed by atoms with Gasteiger partial charge in [-0.05, 0) is 36.4 Å². The van der Waals surface area contributed by atoms with Crippen molar-refractivity contribution in [3.63, 3.8) is 0 Å². The highest BCUT2D eigenvalue weighted by atomic mass is 35.6. The third-order valence-corrected chi connectivity index (χ3v) is 4.53. The number of anilines is 2. The summed E-state index contributed by atoms with van der Waals surface area (Å²) < 4.78 is 11.2. The molecule has 146 valence electrons. The second-order valence-corrected chi connectivity index (χ2v) is 8.23. The number of hydrogen-bond donors (Lipinski definition) is 1. The number of nitrogens with one attached hydrogen (secondary N) is 1. The summed E-state index contributed by atoms with van der Waals surface area (Å²) in [7, 11) is 1.33. The molecular formula is C18H14Cl3FN4O2. The van der Waals surface area contributed by atoms with Gasteiger partial charge in [-0.25, -0.2) is 19.1 Å². The smallest absolute Gasteiger partial charge is 0.337 e. The minimum atomic E-state index is -1.96. The lowest BCUT2D eigenvalue weighted by atomic mass is 10.3. The number of imide groups is 1. The molecule has 3 amide bonds. The van der Waals surface area contributed by atoms with Crippen molar-refractivity contribution in [3.8, 4) is 0 Å². The first-order chi connectivity index (χ1) is 13.2. The van der Waals surface area contributed by atoms with Crippen LogP contribution in [0.15, 0.2) is 59.6 Å². The Hall–Kier alpha value is -2.35. The summed E-state index contributed by atoms with van der Waals surface area (Å²) in [6.07, 6.45) is -1.23. The van der Waals surface area contributed by atoms with Crippen LogP contribution >= 0.6 is 34.8 Å². The molecule has 0 aromatic heterocycles. The minimum Gasteiger partial charge on any atom is -0.360 e. The van der Waals surface area contributed by atoms with Crippen molar-refractivity contribution in [1.29, 1.82) is 0 Å². The Bertz CT molecular complexity index is 917. The molecule has 0 bridgehead atoms. The number of urea groups is 1. The van der Waals surface area contributed by atoms with E-state index in [1.807, 2.05) is 0 Å². The number of likely N-dealkylation sites (N-methyl/N-ethyl adjacent to an activating group) is 1. The second kappa shape index (κ2) is 7.95. The molecule has 6 nitrogen and oxygen atoms in total. The fraction of sp³-hybridized carbons (Fsp3) is 0.167. The number of hydrogen-bond acceptors (Lipinski definition) is 4. The van der Waals surface area contributed by atoms with Crippen molar-refractivity contribution >= 4 is 64.0 Å². The topological polar surface area (TPSA) is 65.0 Å². The van der Waals surface area contributed by atoms with Gasteiger partial charge in [-0.15, -0.1) is 0 Å². The summed E-state index contributed by atoms with van der Waals surface area (Å²) in [6, 6.07) is 13.2. The second-order valence-electron chi connectivity index (χ2n) is 5.87. The van der Waals surface area contributed by atoms with Gasteiger partial charge >= 0.3 is 6.03 Å². The van der Waals surface area contributed by atoms with E-state index in [0.29, 0.717) is 11.4 Å². The van der Waals surface area contributed by atoms with E-state index >= 15 is 0 Å². The highest BCUT2D eigenvalue weighted by molar-refractivity contribution is 6.68. The highest BCUT2D eigenvalue weighted by Gasteiger charge is 2.43. The molecule has 1 N–H and O–H groups in total. The monoisotopic (exact) mass is 442 g/mol. The molecule has 0 radical (unpaired) electrons. The third-order valence-electron chi connectivity index (χ3n) is 3.91. The number of nitrogens with zero attached hydrogens (tertiary/aromatic N) is 3. The quantitative estimate of drug-likeness (QED) is 0.561. The van der Waals surface area contributed by atoms with E-state index in [0.717, 1.165) is 9.80 Å². The van der Waals surface area contributed by atoms with Gasteiger partial charge in [0.05, 0.1) is 5.69 Å². The van der Waals surface area contributed by atoms with Crippen LogP contribution in [0.1, 0.15) is 0 Å². The first-order valence-electron chi connectivity index (χ1n) is 8.02. The first-order valence-corrected chi connectivity index (χ1v) is 9.15. The van der Waals surface area contributed by atoms with Crippen LogP contribution < -0.4 is 10.2 Å². The number of carbonyl (C=O) groups is 2. The molecule has 2 aromatic carbocycles. The van der Waals surface area contributed by atoms with E-state index in [9.17, 15) is 14.0 Å². The van der Waals surface area contributed by atoms with Gasteiger partial charge in [-0.3, -0.25) is 9.69 Å². The van der Waals surface area contributed by atoms with Crippen LogP contribution in [0.5, 0.6) is 0 Å². The summed E-state index contributed by atoms with van der Waals surface area (Å²) >= 11 is 18.1. The van der Waals surface area contributed by atoms with Crippen LogP contribution in [0.25, 0.3) is 0 Å². The Labute approximate surface area is 175 Å². The molecule has 1 fully saturated rings. The zero-order valence-corrected chi connectivity index (χ0v) is 16.7. The maximum absolute atomic E-state index is 13.1. The van der Waals surface area contributed by atoms with E-state index in [4.69, 9.17) is 34.8 Å². The Morgan fingerprint density at radius 3 is 2.21 bits per heavy atom. The van der Waals surface area contributed by atoms with Gasteiger partial charge in [-0.1, -0.05) is 53.0 Å².